The number of thiophene rings is 1. The van der Waals surface area contributed by atoms with E-state index in [0.717, 1.165) is 5.56 Å². The number of methoxy groups -OCH3 is 1. The zero-order valence-corrected chi connectivity index (χ0v) is 15.2. The fourth-order valence-corrected chi connectivity index (χ4v) is 3.04. The number of carbonyl (C=O) groups excluding carboxylic acids is 2. The number of rotatable bonds is 5. The third-order valence-electron chi connectivity index (χ3n) is 3.75. The Labute approximate surface area is 155 Å². The fraction of sp³-hybridized carbons (Fsp3) is 0.100. The summed E-state index contributed by atoms with van der Waals surface area (Å²) in [6.07, 6.45) is 0. The van der Waals surface area contributed by atoms with Gasteiger partial charge in [-0.3, -0.25) is 9.59 Å². The summed E-state index contributed by atoms with van der Waals surface area (Å²) in [6, 6.07) is 15.9. The molecule has 0 atom stereocenters. The van der Waals surface area contributed by atoms with Crippen LogP contribution < -0.4 is 15.4 Å². The maximum absolute atomic E-state index is 12.5. The normalized spacial score (nSPS) is 10.2. The zero-order valence-electron chi connectivity index (χ0n) is 14.4. The second-order valence-corrected chi connectivity index (χ2v) is 6.61. The number of nitrogens with one attached hydrogen (secondary N) is 2. The van der Waals surface area contributed by atoms with Crippen molar-refractivity contribution in [2.75, 3.05) is 17.7 Å². The van der Waals surface area contributed by atoms with E-state index in [1.54, 1.807) is 37.4 Å². The summed E-state index contributed by atoms with van der Waals surface area (Å²) in [5, 5.41) is 7.51. The smallest absolute Gasteiger partial charge is 0.265 e. The standard InChI is InChI=1S/C20H18N2O3S/c1-13-5-10-17(25-2)16(12-13)22-19(23)14-6-8-15(9-7-14)21-20(24)18-4-3-11-26-18/h3-12H,1-2H3,(H,21,24)(H,22,23). The van der Waals surface area contributed by atoms with E-state index in [4.69, 9.17) is 4.74 Å². The summed E-state index contributed by atoms with van der Waals surface area (Å²) >= 11 is 1.38. The Morgan fingerprint density at radius 2 is 1.73 bits per heavy atom. The molecule has 0 saturated carbocycles. The van der Waals surface area contributed by atoms with Gasteiger partial charge in [0.15, 0.2) is 0 Å². The maximum atomic E-state index is 12.5. The highest BCUT2D eigenvalue weighted by atomic mass is 32.1. The van der Waals surface area contributed by atoms with Gasteiger partial charge in [0.05, 0.1) is 17.7 Å². The van der Waals surface area contributed by atoms with E-state index in [0.29, 0.717) is 27.6 Å². The van der Waals surface area contributed by atoms with Gasteiger partial charge in [-0.05, 0) is 60.3 Å². The molecule has 0 unspecified atom stereocenters. The van der Waals surface area contributed by atoms with Crippen molar-refractivity contribution in [2.45, 2.75) is 6.92 Å². The van der Waals surface area contributed by atoms with Crippen molar-refractivity contribution in [1.29, 1.82) is 0 Å². The van der Waals surface area contributed by atoms with E-state index in [2.05, 4.69) is 10.6 Å². The quantitative estimate of drug-likeness (QED) is 0.695. The van der Waals surface area contributed by atoms with Crippen molar-refractivity contribution in [2.24, 2.45) is 0 Å². The summed E-state index contributed by atoms with van der Waals surface area (Å²) in [5.74, 6) is 0.190. The number of aryl methyl sites for hydroxylation is 1. The van der Waals surface area contributed by atoms with E-state index in [1.807, 2.05) is 36.6 Å². The highest BCUT2D eigenvalue weighted by molar-refractivity contribution is 7.12. The van der Waals surface area contributed by atoms with Gasteiger partial charge in [0.1, 0.15) is 5.75 Å². The van der Waals surface area contributed by atoms with Crippen molar-refractivity contribution in [3.63, 3.8) is 0 Å². The van der Waals surface area contributed by atoms with Gasteiger partial charge in [-0.15, -0.1) is 11.3 Å². The number of amides is 2. The molecule has 3 aromatic rings. The van der Waals surface area contributed by atoms with E-state index < -0.39 is 0 Å². The lowest BCUT2D eigenvalue weighted by molar-refractivity contribution is 0.102. The van der Waals surface area contributed by atoms with Gasteiger partial charge >= 0.3 is 0 Å². The first-order valence-electron chi connectivity index (χ1n) is 7.98. The number of carbonyl (C=O) groups is 2. The topological polar surface area (TPSA) is 67.4 Å². The van der Waals surface area contributed by atoms with Crippen LogP contribution in [0.15, 0.2) is 60.0 Å². The molecule has 0 saturated heterocycles. The molecule has 0 aliphatic heterocycles. The summed E-state index contributed by atoms with van der Waals surface area (Å²) in [6.45, 7) is 1.94. The molecule has 2 amide bonds. The van der Waals surface area contributed by atoms with Crippen LogP contribution in [0, 0.1) is 6.92 Å². The van der Waals surface area contributed by atoms with Gasteiger partial charge in [0.2, 0.25) is 0 Å². The molecular formula is C20H18N2O3S. The van der Waals surface area contributed by atoms with Crippen molar-refractivity contribution in [3.8, 4) is 5.75 Å². The minimum absolute atomic E-state index is 0.165. The van der Waals surface area contributed by atoms with Crippen LogP contribution in [-0.2, 0) is 0 Å². The van der Waals surface area contributed by atoms with Crippen molar-refractivity contribution in [1.82, 2.24) is 0 Å². The highest BCUT2D eigenvalue weighted by Gasteiger charge is 2.11. The maximum Gasteiger partial charge on any atom is 0.265 e. The van der Waals surface area contributed by atoms with Crippen molar-refractivity contribution < 1.29 is 14.3 Å². The lowest BCUT2D eigenvalue weighted by atomic mass is 10.1. The molecule has 2 aromatic carbocycles. The predicted octanol–water partition coefficient (Wildman–Crippen LogP) is 4.57. The Kier molecular flexibility index (Phi) is 5.34. The summed E-state index contributed by atoms with van der Waals surface area (Å²) in [4.78, 5) is 25.1. The Bertz CT molecular complexity index is 919. The van der Waals surface area contributed by atoms with Gasteiger partial charge < -0.3 is 15.4 Å². The fourth-order valence-electron chi connectivity index (χ4n) is 2.42. The van der Waals surface area contributed by atoms with E-state index in [9.17, 15) is 9.59 Å². The molecule has 26 heavy (non-hydrogen) atoms. The molecule has 6 heteroatoms. The molecule has 5 nitrogen and oxygen atoms in total. The Balaban J connectivity index is 1.69. The van der Waals surface area contributed by atoms with Gasteiger partial charge in [-0.1, -0.05) is 12.1 Å². The first kappa shape index (κ1) is 17.7. The molecule has 1 aromatic heterocycles. The molecule has 0 aliphatic rings. The SMILES string of the molecule is COc1ccc(C)cc1NC(=O)c1ccc(NC(=O)c2cccs2)cc1. The van der Waals surface area contributed by atoms with Crippen LogP contribution in [0.1, 0.15) is 25.6 Å². The first-order chi connectivity index (χ1) is 12.6. The monoisotopic (exact) mass is 366 g/mol. The highest BCUT2D eigenvalue weighted by Crippen LogP contribution is 2.26. The number of hydrogen-bond donors (Lipinski definition) is 2. The third-order valence-corrected chi connectivity index (χ3v) is 4.62. The molecule has 1 heterocycles. The van der Waals surface area contributed by atoms with E-state index in [-0.39, 0.29) is 11.8 Å². The Morgan fingerprint density at radius 3 is 2.38 bits per heavy atom. The van der Waals surface area contributed by atoms with Crippen LogP contribution in [0.2, 0.25) is 0 Å². The minimum atomic E-state index is -0.245. The summed E-state index contributed by atoms with van der Waals surface area (Å²) in [5.41, 5.74) is 2.76. The lowest BCUT2D eigenvalue weighted by Gasteiger charge is -2.11. The van der Waals surface area contributed by atoms with Crippen LogP contribution in [0.3, 0.4) is 0 Å². The van der Waals surface area contributed by atoms with Gasteiger partial charge in [0, 0.05) is 11.3 Å². The molecular weight excluding hydrogens is 348 g/mol. The Hall–Kier alpha value is -3.12. The molecule has 0 radical (unpaired) electrons. The summed E-state index contributed by atoms with van der Waals surface area (Å²) in [7, 11) is 1.56. The zero-order chi connectivity index (χ0) is 18.5. The second-order valence-electron chi connectivity index (χ2n) is 5.67. The van der Waals surface area contributed by atoms with Gasteiger partial charge in [-0.25, -0.2) is 0 Å². The molecule has 0 aliphatic carbocycles. The van der Waals surface area contributed by atoms with Crippen LogP contribution in [-0.4, -0.2) is 18.9 Å². The average molecular weight is 366 g/mol. The van der Waals surface area contributed by atoms with E-state index in [1.165, 1.54) is 11.3 Å². The Morgan fingerprint density at radius 1 is 0.962 bits per heavy atom. The molecule has 0 bridgehead atoms. The average Bonchev–Trinajstić information content (AvgIpc) is 3.17. The first-order valence-corrected chi connectivity index (χ1v) is 8.85. The molecule has 3 rings (SSSR count). The van der Waals surface area contributed by atoms with Crippen LogP contribution in [0.5, 0.6) is 5.75 Å². The third kappa shape index (κ3) is 4.10. The number of anilines is 2. The van der Waals surface area contributed by atoms with Gasteiger partial charge in [-0.2, -0.15) is 0 Å². The van der Waals surface area contributed by atoms with Crippen LogP contribution in [0.25, 0.3) is 0 Å². The van der Waals surface area contributed by atoms with Crippen LogP contribution >= 0.6 is 11.3 Å². The van der Waals surface area contributed by atoms with Gasteiger partial charge in [0.25, 0.3) is 11.8 Å². The number of benzene rings is 2. The molecule has 0 spiro atoms. The number of hydrogen-bond acceptors (Lipinski definition) is 4. The lowest BCUT2D eigenvalue weighted by Crippen LogP contribution is -2.13. The second kappa shape index (κ2) is 7.84. The molecule has 0 fully saturated rings. The van der Waals surface area contributed by atoms with Crippen molar-refractivity contribution >= 4 is 34.5 Å². The summed E-state index contributed by atoms with van der Waals surface area (Å²) < 4.78 is 5.27. The number of ether oxygens (including phenoxy) is 1. The minimum Gasteiger partial charge on any atom is -0.495 e. The molecule has 2 N–H and O–H groups in total. The van der Waals surface area contributed by atoms with Crippen molar-refractivity contribution in [3.05, 3.63) is 76.0 Å². The molecule has 132 valence electrons. The predicted molar refractivity (Wildman–Crippen MR) is 104 cm³/mol. The van der Waals surface area contributed by atoms with E-state index >= 15 is 0 Å². The van der Waals surface area contributed by atoms with Crippen LogP contribution in [0.4, 0.5) is 11.4 Å². The largest absolute Gasteiger partial charge is 0.495 e.